The van der Waals surface area contributed by atoms with E-state index in [1.165, 1.54) is 12.8 Å². The van der Waals surface area contributed by atoms with E-state index in [4.69, 9.17) is 5.73 Å². The fourth-order valence-electron chi connectivity index (χ4n) is 1.01. The number of likely N-dealkylation sites (tertiary alicyclic amines) is 1. The molecule has 0 amide bonds. The summed E-state index contributed by atoms with van der Waals surface area (Å²) < 4.78 is 0. The molecule has 0 aromatic rings. The second-order valence-corrected chi connectivity index (χ2v) is 2.69. The standard InChI is InChI=1S/C5H12N2S/c6-5(8)7-3-1-2-4-7/h5,8H,1-4,6H2. The Bertz CT molecular complexity index is 68.8. The van der Waals surface area contributed by atoms with Crippen molar-refractivity contribution < 1.29 is 0 Å². The molecular weight excluding hydrogens is 120 g/mol. The van der Waals surface area contributed by atoms with Gasteiger partial charge in [0.05, 0.1) is 0 Å². The molecule has 1 unspecified atom stereocenters. The zero-order valence-corrected chi connectivity index (χ0v) is 5.77. The molecule has 0 saturated carbocycles. The van der Waals surface area contributed by atoms with E-state index >= 15 is 0 Å². The molecule has 0 aromatic heterocycles. The Morgan fingerprint density at radius 1 is 1.38 bits per heavy atom. The van der Waals surface area contributed by atoms with Gasteiger partial charge in [0.15, 0.2) is 0 Å². The largest absolute Gasteiger partial charge is 0.307 e. The monoisotopic (exact) mass is 132 g/mol. The first-order valence-corrected chi connectivity index (χ1v) is 3.50. The van der Waals surface area contributed by atoms with Gasteiger partial charge < -0.3 is 5.73 Å². The number of hydrogen-bond donors (Lipinski definition) is 2. The molecule has 1 atom stereocenters. The Morgan fingerprint density at radius 2 is 1.88 bits per heavy atom. The molecule has 2 N–H and O–H groups in total. The number of thiol groups is 1. The summed E-state index contributed by atoms with van der Waals surface area (Å²) in [6.07, 6.45) is 2.57. The van der Waals surface area contributed by atoms with Gasteiger partial charge in [0.1, 0.15) is 5.50 Å². The van der Waals surface area contributed by atoms with Crippen molar-refractivity contribution in [1.29, 1.82) is 0 Å². The maximum Gasteiger partial charge on any atom is 0.103 e. The molecule has 0 bridgehead atoms. The molecule has 1 aliphatic rings. The highest BCUT2D eigenvalue weighted by atomic mass is 32.1. The number of nitrogens with zero attached hydrogens (tertiary/aromatic N) is 1. The van der Waals surface area contributed by atoms with Gasteiger partial charge in [-0.2, -0.15) is 0 Å². The number of hydrogen-bond acceptors (Lipinski definition) is 3. The first-order valence-electron chi connectivity index (χ1n) is 2.98. The van der Waals surface area contributed by atoms with Crippen molar-refractivity contribution in [2.75, 3.05) is 13.1 Å². The number of rotatable bonds is 1. The van der Waals surface area contributed by atoms with Crippen LogP contribution in [0, 0.1) is 0 Å². The minimum absolute atomic E-state index is 0.0301. The van der Waals surface area contributed by atoms with Crippen LogP contribution in [0.2, 0.25) is 0 Å². The van der Waals surface area contributed by atoms with Crippen molar-refractivity contribution in [2.45, 2.75) is 18.3 Å². The maximum absolute atomic E-state index is 5.49. The Kier molecular flexibility index (Phi) is 2.16. The average molecular weight is 132 g/mol. The van der Waals surface area contributed by atoms with Crippen LogP contribution in [0.5, 0.6) is 0 Å². The third-order valence-electron chi connectivity index (χ3n) is 1.51. The van der Waals surface area contributed by atoms with Crippen molar-refractivity contribution in [3.63, 3.8) is 0 Å². The molecule has 2 nitrogen and oxygen atoms in total. The second-order valence-electron chi connectivity index (χ2n) is 2.16. The molecule has 1 fully saturated rings. The van der Waals surface area contributed by atoms with Gasteiger partial charge in [-0.05, 0) is 12.8 Å². The lowest BCUT2D eigenvalue weighted by molar-refractivity contribution is 0.324. The third kappa shape index (κ3) is 1.37. The average Bonchev–Trinajstić information content (AvgIpc) is 2.12. The van der Waals surface area contributed by atoms with Gasteiger partial charge in [0.25, 0.3) is 0 Å². The molecule has 1 aliphatic heterocycles. The van der Waals surface area contributed by atoms with E-state index < -0.39 is 0 Å². The summed E-state index contributed by atoms with van der Waals surface area (Å²) in [6, 6.07) is 0. The van der Waals surface area contributed by atoms with Crippen LogP contribution in [0.1, 0.15) is 12.8 Å². The van der Waals surface area contributed by atoms with Crippen LogP contribution in [-0.2, 0) is 0 Å². The van der Waals surface area contributed by atoms with Gasteiger partial charge in [-0.25, -0.2) is 0 Å². The van der Waals surface area contributed by atoms with Crippen LogP contribution >= 0.6 is 12.6 Å². The highest BCUT2D eigenvalue weighted by Gasteiger charge is 2.14. The quantitative estimate of drug-likeness (QED) is 0.396. The maximum atomic E-state index is 5.49. The Balaban J connectivity index is 2.24. The highest BCUT2D eigenvalue weighted by molar-refractivity contribution is 7.80. The lowest BCUT2D eigenvalue weighted by atomic mass is 10.4. The van der Waals surface area contributed by atoms with Crippen molar-refractivity contribution in [1.82, 2.24) is 4.90 Å². The Hall–Kier alpha value is 0.270. The summed E-state index contributed by atoms with van der Waals surface area (Å²) >= 11 is 4.10. The van der Waals surface area contributed by atoms with E-state index in [-0.39, 0.29) is 5.50 Å². The molecule has 48 valence electrons. The summed E-state index contributed by atoms with van der Waals surface area (Å²) in [5.41, 5.74) is 5.46. The summed E-state index contributed by atoms with van der Waals surface area (Å²) in [7, 11) is 0. The van der Waals surface area contributed by atoms with E-state index in [9.17, 15) is 0 Å². The van der Waals surface area contributed by atoms with Crippen molar-refractivity contribution in [3.8, 4) is 0 Å². The van der Waals surface area contributed by atoms with Crippen molar-refractivity contribution in [3.05, 3.63) is 0 Å². The van der Waals surface area contributed by atoms with Crippen LogP contribution in [0.3, 0.4) is 0 Å². The van der Waals surface area contributed by atoms with Gasteiger partial charge in [0, 0.05) is 13.1 Å². The molecule has 3 heteroatoms. The van der Waals surface area contributed by atoms with Crippen LogP contribution in [0.4, 0.5) is 0 Å². The first-order chi connectivity index (χ1) is 3.80. The van der Waals surface area contributed by atoms with Gasteiger partial charge >= 0.3 is 0 Å². The van der Waals surface area contributed by atoms with Gasteiger partial charge in [-0.3, -0.25) is 4.90 Å². The lowest BCUT2D eigenvalue weighted by Gasteiger charge is -2.17. The molecule has 0 aromatic carbocycles. The fourth-order valence-corrected chi connectivity index (χ4v) is 1.24. The Morgan fingerprint density at radius 3 is 2.12 bits per heavy atom. The number of nitrogens with two attached hydrogens (primary N) is 1. The summed E-state index contributed by atoms with van der Waals surface area (Å²) in [5, 5.41) is 0. The SMILES string of the molecule is NC(S)N1CCCC1. The minimum atomic E-state index is -0.0301. The van der Waals surface area contributed by atoms with Crippen LogP contribution in [0.15, 0.2) is 0 Å². The van der Waals surface area contributed by atoms with Gasteiger partial charge in [0.2, 0.25) is 0 Å². The smallest absolute Gasteiger partial charge is 0.103 e. The molecule has 1 heterocycles. The molecule has 1 rings (SSSR count). The summed E-state index contributed by atoms with van der Waals surface area (Å²) in [5.74, 6) is 0. The zero-order chi connectivity index (χ0) is 5.98. The highest BCUT2D eigenvalue weighted by Crippen LogP contribution is 2.09. The third-order valence-corrected chi connectivity index (χ3v) is 1.84. The van der Waals surface area contributed by atoms with Gasteiger partial charge in [-0.1, -0.05) is 0 Å². The predicted molar refractivity (Wildman–Crippen MR) is 37.8 cm³/mol. The predicted octanol–water partition coefficient (Wildman–Crippen LogP) is 0.254. The molecule has 0 radical (unpaired) electrons. The van der Waals surface area contributed by atoms with Crippen molar-refractivity contribution in [2.24, 2.45) is 5.73 Å². The summed E-state index contributed by atoms with van der Waals surface area (Å²) in [6.45, 7) is 2.26. The molecule has 1 saturated heterocycles. The van der Waals surface area contributed by atoms with Gasteiger partial charge in [-0.15, -0.1) is 12.6 Å². The fraction of sp³-hybridized carbons (Fsp3) is 1.00. The molecule has 0 spiro atoms. The normalized spacial score (nSPS) is 26.2. The zero-order valence-electron chi connectivity index (χ0n) is 4.88. The van der Waals surface area contributed by atoms with Crippen LogP contribution < -0.4 is 5.73 Å². The van der Waals surface area contributed by atoms with E-state index in [1.807, 2.05) is 0 Å². The van der Waals surface area contributed by atoms with Crippen molar-refractivity contribution >= 4 is 12.6 Å². The molecule has 8 heavy (non-hydrogen) atoms. The molecule has 0 aliphatic carbocycles. The lowest BCUT2D eigenvalue weighted by Crippen LogP contribution is -2.34. The minimum Gasteiger partial charge on any atom is -0.307 e. The van der Waals surface area contributed by atoms with E-state index in [0.717, 1.165) is 13.1 Å². The van der Waals surface area contributed by atoms with Crippen LogP contribution in [-0.4, -0.2) is 23.5 Å². The van der Waals surface area contributed by atoms with E-state index in [1.54, 1.807) is 0 Å². The van der Waals surface area contributed by atoms with E-state index in [0.29, 0.717) is 0 Å². The topological polar surface area (TPSA) is 29.3 Å². The summed E-state index contributed by atoms with van der Waals surface area (Å²) in [4.78, 5) is 2.17. The Labute approximate surface area is 55.4 Å². The first kappa shape index (κ1) is 6.39. The second kappa shape index (κ2) is 2.71. The molecular formula is C5H12N2S. The van der Waals surface area contributed by atoms with E-state index in [2.05, 4.69) is 17.5 Å². The van der Waals surface area contributed by atoms with Crippen LogP contribution in [0.25, 0.3) is 0 Å².